The van der Waals surface area contributed by atoms with Crippen LogP contribution in [0.2, 0.25) is 5.15 Å². The van der Waals surface area contributed by atoms with Gasteiger partial charge in [-0.25, -0.2) is 9.50 Å². The number of hydrogen-bond donors (Lipinski definition) is 0. The maximum atomic E-state index is 8.99. The van der Waals surface area contributed by atoms with Crippen molar-refractivity contribution in [3.05, 3.63) is 35.2 Å². The number of nitrogens with zero attached hydrogens (tertiary/aromatic N) is 6. The topological polar surface area (TPSA) is 71.8 Å². The van der Waals surface area contributed by atoms with Crippen LogP contribution in [0.5, 0.6) is 0 Å². The maximum absolute atomic E-state index is 8.99. The predicted octanol–water partition coefficient (Wildman–Crippen LogP) is 1.65. The van der Waals surface area contributed by atoms with Crippen LogP contribution in [0, 0.1) is 11.3 Å². The molecule has 0 aliphatic carbocycles. The molecule has 3 heterocycles. The van der Waals surface area contributed by atoms with Crippen LogP contribution < -0.4 is 0 Å². The molecular formula is C11H7ClN6. The summed E-state index contributed by atoms with van der Waals surface area (Å²) in [4.78, 5) is 4.40. The molecule has 3 rings (SSSR count). The van der Waals surface area contributed by atoms with Gasteiger partial charge >= 0.3 is 0 Å². The Balaban J connectivity index is 2.33. The third kappa shape index (κ3) is 1.45. The Labute approximate surface area is 107 Å². The first-order valence-electron chi connectivity index (χ1n) is 5.13. The highest BCUT2D eigenvalue weighted by Crippen LogP contribution is 2.22. The summed E-state index contributed by atoms with van der Waals surface area (Å²) >= 11 is 6.12. The molecule has 0 fully saturated rings. The number of nitriles is 1. The molecule has 0 saturated heterocycles. The lowest BCUT2D eigenvalue weighted by Crippen LogP contribution is -1.99. The lowest BCUT2D eigenvalue weighted by atomic mass is 10.3. The molecule has 0 aromatic carbocycles. The van der Waals surface area contributed by atoms with Gasteiger partial charge in [0.05, 0.1) is 17.6 Å². The van der Waals surface area contributed by atoms with Crippen molar-refractivity contribution < 1.29 is 0 Å². The Kier molecular flexibility index (Phi) is 2.28. The van der Waals surface area contributed by atoms with E-state index in [-0.39, 0.29) is 0 Å². The SMILES string of the molecule is Cn1nccc1-c1cc(Cl)n2ncc(C#N)c2n1. The Hall–Kier alpha value is -2.39. The Morgan fingerprint density at radius 1 is 1.39 bits per heavy atom. The van der Waals surface area contributed by atoms with E-state index >= 15 is 0 Å². The van der Waals surface area contributed by atoms with E-state index in [4.69, 9.17) is 16.9 Å². The van der Waals surface area contributed by atoms with Crippen LogP contribution in [0.15, 0.2) is 24.5 Å². The zero-order valence-corrected chi connectivity index (χ0v) is 10.1. The normalized spacial score (nSPS) is 10.7. The van der Waals surface area contributed by atoms with Crippen molar-refractivity contribution in [2.75, 3.05) is 0 Å². The van der Waals surface area contributed by atoms with E-state index in [0.29, 0.717) is 22.1 Å². The maximum Gasteiger partial charge on any atom is 0.175 e. The summed E-state index contributed by atoms with van der Waals surface area (Å²) in [6.45, 7) is 0. The molecular weight excluding hydrogens is 252 g/mol. The van der Waals surface area contributed by atoms with E-state index < -0.39 is 0 Å². The number of hydrogen-bond acceptors (Lipinski definition) is 4. The van der Waals surface area contributed by atoms with E-state index in [1.807, 2.05) is 19.2 Å². The minimum absolute atomic E-state index is 0.390. The molecule has 18 heavy (non-hydrogen) atoms. The van der Waals surface area contributed by atoms with Gasteiger partial charge in [0.1, 0.15) is 16.8 Å². The monoisotopic (exact) mass is 258 g/mol. The van der Waals surface area contributed by atoms with E-state index in [9.17, 15) is 0 Å². The van der Waals surface area contributed by atoms with Crippen molar-refractivity contribution in [2.45, 2.75) is 0 Å². The summed E-state index contributed by atoms with van der Waals surface area (Å²) in [6.07, 6.45) is 3.12. The van der Waals surface area contributed by atoms with Crippen molar-refractivity contribution in [1.29, 1.82) is 5.26 Å². The van der Waals surface area contributed by atoms with Gasteiger partial charge in [-0.05, 0) is 6.07 Å². The van der Waals surface area contributed by atoms with Crippen LogP contribution in [0.25, 0.3) is 17.0 Å². The van der Waals surface area contributed by atoms with Crippen LogP contribution >= 0.6 is 11.6 Å². The number of halogens is 1. The third-order valence-electron chi connectivity index (χ3n) is 2.63. The van der Waals surface area contributed by atoms with Crippen molar-refractivity contribution in [3.8, 4) is 17.5 Å². The zero-order chi connectivity index (χ0) is 12.7. The van der Waals surface area contributed by atoms with Crippen molar-refractivity contribution in [1.82, 2.24) is 24.4 Å². The molecule has 0 N–H and O–H groups in total. The van der Waals surface area contributed by atoms with Crippen molar-refractivity contribution in [3.63, 3.8) is 0 Å². The molecule has 0 unspecified atom stereocenters. The van der Waals surface area contributed by atoms with E-state index in [2.05, 4.69) is 15.2 Å². The molecule has 0 aliphatic rings. The summed E-state index contributed by atoms with van der Waals surface area (Å²) in [5, 5.41) is 17.5. The third-order valence-corrected chi connectivity index (χ3v) is 2.90. The van der Waals surface area contributed by atoms with Crippen molar-refractivity contribution >= 4 is 17.2 Å². The van der Waals surface area contributed by atoms with Gasteiger partial charge in [0.2, 0.25) is 0 Å². The van der Waals surface area contributed by atoms with Crippen LogP contribution in [0.3, 0.4) is 0 Å². The van der Waals surface area contributed by atoms with Gasteiger partial charge in [-0.3, -0.25) is 4.68 Å². The van der Waals surface area contributed by atoms with Crippen LogP contribution in [0.4, 0.5) is 0 Å². The molecule has 7 heteroatoms. The average Bonchev–Trinajstić information content (AvgIpc) is 2.94. The van der Waals surface area contributed by atoms with E-state index in [1.165, 1.54) is 10.7 Å². The molecule has 0 saturated carbocycles. The molecule has 0 atom stereocenters. The molecule has 0 radical (unpaired) electrons. The molecule has 0 aliphatic heterocycles. The fraction of sp³-hybridized carbons (Fsp3) is 0.0909. The predicted molar refractivity (Wildman–Crippen MR) is 64.9 cm³/mol. The second kappa shape index (κ2) is 3.82. The molecule has 88 valence electrons. The van der Waals surface area contributed by atoms with Gasteiger partial charge in [0.25, 0.3) is 0 Å². The summed E-state index contributed by atoms with van der Waals surface area (Å²) in [5.41, 5.74) is 2.32. The highest BCUT2D eigenvalue weighted by atomic mass is 35.5. The van der Waals surface area contributed by atoms with E-state index in [1.54, 1.807) is 16.9 Å². The quantitative estimate of drug-likeness (QED) is 0.622. The van der Waals surface area contributed by atoms with Crippen LogP contribution in [-0.4, -0.2) is 24.4 Å². The smallest absolute Gasteiger partial charge is 0.175 e. The first-order chi connectivity index (χ1) is 8.70. The van der Waals surface area contributed by atoms with Gasteiger partial charge in [0.15, 0.2) is 5.65 Å². The highest BCUT2D eigenvalue weighted by molar-refractivity contribution is 6.30. The molecule has 3 aromatic rings. The first-order valence-corrected chi connectivity index (χ1v) is 5.51. The van der Waals surface area contributed by atoms with Gasteiger partial charge in [-0.1, -0.05) is 11.6 Å². The summed E-state index contributed by atoms with van der Waals surface area (Å²) in [7, 11) is 1.82. The highest BCUT2D eigenvalue weighted by Gasteiger charge is 2.12. The standard InChI is InChI=1S/C11H7ClN6/c1-17-9(2-3-14-17)8-4-10(12)18-11(16-8)7(5-13)6-15-18/h2-4,6H,1H3. The minimum Gasteiger partial charge on any atom is -0.266 e. The largest absolute Gasteiger partial charge is 0.266 e. The van der Waals surface area contributed by atoms with Gasteiger partial charge in [-0.2, -0.15) is 15.5 Å². The lowest BCUT2D eigenvalue weighted by molar-refractivity contribution is 0.772. The second-order valence-electron chi connectivity index (χ2n) is 3.71. The summed E-state index contributed by atoms with van der Waals surface area (Å²) in [5.74, 6) is 0. The first kappa shape index (κ1) is 10.7. The van der Waals surface area contributed by atoms with Crippen LogP contribution in [0.1, 0.15) is 5.56 Å². The van der Waals surface area contributed by atoms with Gasteiger partial charge in [-0.15, -0.1) is 0 Å². The molecule has 0 spiro atoms. The Bertz CT molecular complexity index is 779. The molecule has 6 nitrogen and oxygen atoms in total. The number of aromatic nitrogens is 5. The van der Waals surface area contributed by atoms with Crippen molar-refractivity contribution in [2.24, 2.45) is 7.05 Å². The molecule has 0 bridgehead atoms. The van der Waals surface area contributed by atoms with E-state index in [0.717, 1.165) is 5.69 Å². The zero-order valence-electron chi connectivity index (χ0n) is 9.37. The fourth-order valence-corrected chi connectivity index (χ4v) is 1.99. The lowest BCUT2D eigenvalue weighted by Gasteiger charge is -2.03. The Morgan fingerprint density at radius 2 is 2.22 bits per heavy atom. The second-order valence-corrected chi connectivity index (χ2v) is 4.10. The summed E-state index contributed by atoms with van der Waals surface area (Å²) < 4.78 is 3.12. The number of fused-ring (bicyclic) bond motifs is 1. The number of aryl methyl sites for hydroxylation is 1. The van der Waals surface area contributed by atoms with Gasteiger partial charge in [0, 0.05) is 19.3 Å². The summed E-state index contributed by atoms with van der Waals surface area (Å²) in [6, 6.07) is 5.56. The average molecular weight is 259 g/mol. The van der Waals surface area contributed by atoms with Crippen LogP contribution in [-0.2, 0) is 7.05 Å². The van der Waals surface area contributed by atoms with Gasteiger partial charge < -0.3 is 0 Å². The number of rotatable bonds is 1. The Morgan fingerprint density at radius 3 is 2.89 bits per heavy atom. The fourth-order valence-electron chi connectivity index (χ4n) is 1.76. The molecule has 0 amide bonds. The minimum atomic E-state index is 0.390. The molecule has 3 aromatic heterocycles.